The van der Waals surface area contributed by atoms with Gasteiger partial charge in [0, 0.05) is 16.3 Å². The van der Waals surface area contributed by atoms with Gasteiger partial charge in [-0.15, -0.1) is 5.10 Å². The Labute approximate surface area is 117 Å². The molecule has 0 aliphatic carbocycles. The predicted molar refractivity (Wildman–Crippen MR) is 79.8 cm³/mol. The molecule has 0 radical (unpaired) electrons. The van der Waals surface area contributed by atoms with Gasteiger partial charge in [-0.2, -0.15) is 5.10 Å². The molecule has 20 heavy (non-hydrogen) atoms. The summed E-state index contributed by atoms with van der Waals surface area (Å²) in [5.74, 6) is 2.67. The fraction of sp³-hybridized carbons (Fsp3) is 0.250. The van der Waals surface area contributed by atoms with Crippen molar-refractivity contribution in [3.63, 3.8) is 0 Å². The smallest absolute Gasteiger partial charge is 0.157 e. The first-order valence-corrected chi connectivity index (χ1v) is 6.69. The van der Waals surface area contributed by atoms with Gasteiger partial charge in [-0.1, -0.05) is 24.3 Å². The van der Waals surface area contributed by atoms with E-state index in [-0.39, 0.29) is 6.04 Å². The third kappa shape index (κ3) is 2.25. The summed E-state index contributed by atoms with van der Waals surface area (Å²) in [5, 5.41) is 13.8. The van der Waals surface area contributed by atoms with E-state index in [1.54, 1.807) is 6.20 Å². The van der Waals surface area contributed by atoms with Crippen molar-refractivity contribution in [2.24, 2.45) is 0 Å². The highest BCUT2D eigenvalue weighted by atomic mass is 16.3. The number of aryl methyl sites for hydroxylation is 2. The normalized spacial score (nSPS) is 12.6. The molecule has 1 unspecified atom stereocenters. The highest BCUT2D eigenvalue weighted by molar-refractivity contribution is 5.90. The van der Waals surface area contributed by atoms with E-state index in [2.05, 4.69) is 28.5 Å². The van der Waals surface area contributed by atoms with Gasteiger partial charge in [0.15, 0.2) is 5.82 Å². The molecule has 0 amide bonds. The second kappa shape index (κ2) is 4.96. The van der Waals surface area contributed by atoms with Crippen molar-refractivity contribution < 1.29 is 4.42 Å². The van der Waals surface area contributed by atoms with Crippen molar-refractivity contribution in [3.05, 3.63) is 53.6 Å². The van der Waals surface area contributed by atoms with E-state index >= 15 is 0 Å². The molecule has 3 aromatic rings. The molecular weight excluding hydrogens is 250 g/mol. The summed E-state index contributed by atoms with van der Waals surface area (Å²) in [7, 11) is 0. The zero-order chi connectivity index (χ0) is 14.1. The average Bonchev–Trinajstić information content (AvgIpc) is 2.78. The highest BCUT2D eigenvalue weighted by Crippen LogP contribution is 2.27. The Balaban J connectivity index is 1.95. The lowest BCUT2D eigenvalue weighted by molar-refractivity contribution is 0.499. The van der Waals surface area contributed by atoms with Crippen LogP contribution in [0.3, 0.4) is 0 Å². The van der Waals surface area contributed by atoms with Gasteiger partial charge < -0.3 is 9.73 Å². The van der Waals surface area contributed by atoms with E-state index in [4.69, 9.17) is 4.42 Å². The number of nitrogens with one attached hydrogen (secondary N) is 1. The summed E-state index contributed by atoms with van der Waals surface area (Å²) in [6, 6.07) is 10.3. The molecule has 0 spiro atoms. The number of anilines is 1. The number of benzene rings is 1. The number of furan rings is 1. The van der Waals surface area contributed by atoms with Gasteiger partial charge in [0.05, 0.1) is 12.2 Å². The van der Waals surface area contributed by atoms with Crippen LogP contribution in [0.15, 0.2) is 40.9 Å². The van der Waals surface area contributed by atoms with Gasteiger partial charge >= 0.3 is 0 Å². The minimum atomic E-state index is 0.118. The van der Waals surface area contributed by atoms with Gasteiger partial charge in [-0.25, -0.2) is 0 Å². The third-order valence-corrected chi connectivity index (χ3v) is 3.47. The average molecular weight is 267 g/mol. The third-order valence-electron chi connectivity index (χ3n) is 3.47. The van der Waals surface area contributed by atoms with E-state index in [1.165, 1.54) is 0 Å². The van der Waals surface area contributed by atoms with E-state index in [1.807, 2.05) is 38.1 Å². The molecule has 1 atom stereocenters. The molecule has 4 nitrogen and oxygen atoms in total. The van der Waals surface area contributed by atoms with Crippen LogP contribution < -0.4 is 5.32 Å². The number of fused-ring (bicyclic) bond motifs is 1. The fourth-order valence-electron chi connectivity index (χ4n) is 2.50. The number of hydrogen-bond acceptors (Lipinski definition) is 4. The van der Waals surface area contributed by atoms with Crippen molar-refractivity contribution in [1.29, 1.82) is 0 Å². The van der Waals surface area contributed by atoms with Gasteiger partial charge in [-0.3, -0.25) is 0 Å². The van der Waals surface area contributed by atoms with Crippen molar-refractivity contribution in [1.82, 2.24) is 10.2 Å². The van der Waals surface area contributed by atoms with E-state index in [0.717, 1.165) is 33.7 Å². The number of rotatable bonds is 3. The Hall–Kier alpha value is -2.36. The second-order valence-corrected chi connectivity index (χ2v) is 5.02. The van der Waals surface area contributed by atoms with Crippen LogP contribution in [0, 0.1) is 13.8 Å². The molecule has 1 N–H and O–H groups in total. The summed E-state index contributed by atoms with van der Waals surface area (Å²) in [6.45, 7) is 6.04. The monoisotopic (exact) mass is 267 g/mol. The van der Waals surface area contributed by atoms with Crippen LogP contribution in [-0.2, 0) is 0 Å². The van der Waals surface area contributed by atoms with Gasteiger partial charge in [0.1, 0.15) is 11.5 Å². The summed E-state index contributed by atoms with van der Waals surface area (Å²) in [4.78, 5) is 0. The maximum absolute atomic E-state index is 5.58. The van der Waals surface area contributed by atoms with E-state index < -0.39 is 0 Å². The van der Waals surface area contributed by atoms with E-state index in [0.29, 0.717) is 0 Å². The highest BCUT2D eigenvalue weighted by Gasteiger charge is 2.14. The van der Waals surface area contributed by atoms with Crippen LogP contribution in [0.5, 0.6) is 0 Å². The quantitative estimate of drug-likeness (QED) is 0.779. The molecule has 0 aliphatic heterocycles. The van der Waals surface area contributed by atoms with Crippen LogP contribution in [0.4, 0.5) is 5.82 Å². The van der Waals surface area contributed by atoms with Gasteiger partial charge in [-0.05, 0) is 26.8 Å². The first-order valence-electron chi connectivity index (χ1n) is 6.69. The van der Waals surface area contributed by atoms with Crippen LogP contribution in [0.1, 0.15) is 30.0 Å². The predicted octanol–water partition coefficient (Wildman–Crippen LogP) is 4.01. The van der Waals surface area contributed by atoms with Crippen LogP contribution in [0.25, 0.3) is 10.8 Å². The lowest BCUT2D eigenvalue weighted by Crippen LogP contribution is -2.09. The molecule has 1 aromatic carbocycles. The molecular formula is C16H17N3O. The van der Waals surface area contributed by atoms with E-state index in [9.17, 15) is 0 Å². The fourth-order valence-corrected chi connectivity index (χ4v) is 2.50. The first-order chi connectivity index (χ1) is 9.65. The molecule has 0 fully saturated rings. The molecule has 3 rings (SSSR count). The van der Waals surface area contributed by atoms with Crippen LogP contribution >= 0.6 is 0 Å². The summed E-state index contributed by atoms with van der Waals surface area (Å²) < 4.78 is 5.58. The zero-order valence-electron chi connectivity index (χ0n) is 11.8. The minimum Gasteiger partial charge on any atom is -0.466 e. The van der Waals surface area contributed by atoms with Crippen molar-refractivity contribution in [2.75, 3.05) is 5.32 Å². The Morgan fingerprint density at radius 3 is 2.75 bits per heavy atom. The largest absolute Gasteiger partial charge is 0.466 e. The number of nitrogens with zero attached hydrogens (tertiary/aromatic N) is 2. The Morgan fingerprint density at radius 2 is 2.00 bits per heavy atom. The summed E-state index contributed by atoms with van der Waals surface area (Å²) >= 11 is 0. The zero-order valence-corrected chi connectivity index (χ0v) is 11.8. The Bertz CT molecular complexity index is 743. The molecule has 102 valence electrons. The van der Waals surface area contributed by atoms with Crippen LogP contribution in [0.2, 0.25) is 0 Å². The molecule has 0 bridgehead atoms. The Kier molecular flexibility index (Phi) is 3.14. The molecule has 4 heteroatoms. The molecule has 0 saturated heterocycles. The molecule has 2 aromatic heterocycles. The topological polar surface area (TPSA) is 51.0 Å². The summed E-state index contributed by atoms with van der Waals surface area (Å²) in [6.07, 6.45) is 1.78. The number of aromatic nitrogens is 2. The van der Waals surface area contributed by atoms with Crippen molar-refractivity contribution in [2.45, 2.75) is 26.8 Å². The second-order valence-electron chi connectivity index (χ2n) is 5.02. The standard InChI is InChI=1S/C16H17N3O/c1-10-8-15(12(3)20-10)11(2)18-16-14-7-5-4-6-13(14)9-17-19-16/h4-9,11H,1-3H3,(H,18,19). The number of hydrogen-bond donors (Lipinski definition) is 1. The van der Waals surface area contributed by atoms with Crippen molar-refractivity contribution >= 4 is 16.6 Å². The maximum Gasteiger partial charge on any atom is 0.157 e. The van der Waals surface area contributed by atoms with Gasteiger partial charge in [0.25, 0.3) is 0 Å². The SMILES string of the molecule is Cc1cc(C(C)Nc2nncc3ccccc23)c(C)o1. The van der Waals surface area contributed by atoms with Crippen molar-refractivity contribution in [3.8, 4) is 0 Å². The van der Waals surface area contributed by atoms with Gasteiger partial charge in [0.2, 0.25) is 0 Å². The molecule has 2 heterocycles. The minimum absolute atomic E-state index is 0.118. The maximum atomic E-state index is 5.58. The van der Waals surface area contributed by atoms with Crippen LogP contribution in [-0.4, -0.2) is 10.2 Å². The summed E-state index contributed by atoms with van der Waals surface area (Å²) in [5.41, 5.74) is 1.15. The lowest BCUT2D eigenvalue weighted by atomic mass is 10.1. The Morgan fingerprint density at radius 1 is 1.20 bits per heavy atom. The first kappa shape index (κ1) is 12.7. The lowest BCUT2D eigenvalue weighted by Gasteiger charge is -2.14. The molecule has 0 saturated carbocycles. The molecule has 0 aliphatic rings.